The minimum atomic E-state index is -4.23. The van der Waals surface area contributed by atoms with E-state index in [4.69, 9.17) is 16.0 Å². The van der Waals surface area contributed by atoms with Crippen LogP contribution in [0.2, 0.25) is 21.6 Å². The summed E-state index contributed by atoms with van der Waals surface area (Å²) >= 11 is 6.60. The number of alkyl halides is 3. The number of hydrogen-bond donors (Lipinski definition) is 0. The molecule has 0 bridgehead atoms. The van der Waals surface area contributed by atoms with Gasteiger partial charge in [0, 0.05) is 45.1 Å². The van der Waals surface area contributed by atoms with E-state index < -0.39 is 20.4 Å². The zero-order valence-corrected chi connectivity index (χ0v) is 31.6. The minimum absolute atomic E-state index is 0.0666. The van der Waals surface area contributed by atoms with E-state index >= 15 is 0 Å². The number of halogens is 4. The Morgan fingerprint density at radius 3 is 2.04 bits per heavy atom. The van der Waals surface area contributed by atoms with Gasteiger partial charge < -0.3 is 9.33 Å². The Kier molecular flexibility index (Phi) is 11.9. The molecule has 0 N–H and O–H groups in total. The van der Waals surface area contributed by atoms with E-state index in [0.29, 0.717) is 28.6 Å². The second-order valence-corrected chi connectivity index (χ2v) is 21.1. The lowest BCUT2D eigenvalue weighted by Gasteiger charge is -2.49. The summed E-state index contributed by atoms with van der Waals surface area (Å²) in [7, 11) is -2.12. The van der Waals surface area contributed by atoms with Gasteiger partial charge in [0.25, 0.3) is 5.91 Å². The average Bonchev–Trinajstić information content (AvgIpc) is 3.49. The number of carbonyl (C=O) groups excluding carboxylic acids is 2. The lowest BCUT2D eigenvalue weighted by molar-refractivity contribution is -0.183. The second-order valence-electron chi connectivity index (χ2n) is 15.3. The second kappa shape index (κ2) is 15.5. The fraction of sp³-hybridized carbons (Fsp3) is 0.632. The van der Waals surface area contributed by atoms with Crippen LogP contribution in [-0.4, -0.2) is 80.1 Å². The van der Waals surface area contributed by atoms with Crippen LogP contribution in [-0.2, 0) is 15.6 Å². The number of nitrogens with zero attached hydrogens (tertiary/aromatic N) is 3. The molecule has 2 aromatic carbocycles. The molecule has 2 amide bonds. The standard InChI is InChI=1S/C38H53ClF3N3O3Si/c1-25(2)49(26(3)4,27(5)6)48-35-17-21-44(45-18-7-8-36(45)46)24-31(35)22-28-9-11-29(12-10-28)30-13-14-33(34(39)23-30)37(47)43-19-15-32(16-20-43)38(40,41)42/h9-14,23,25-27,31-32,35H,7-8,15-22,24H2,1-6H3. The fourth-order valence-corrected chi connectivity index (χ4v) is 14.7. The van der Waals surface area contributed by atoms with Gasteiger partial charge in [-0.2, -0.15) is 13.2 Å². The summed E-state index contributed by atoms with van der Waals surface area (Å²) in [5, 5.41) is 4.52. The van der Waals surface area contributed by atoms with Crippen LogP contribution in [0, 0.1) is 11.8 Å². The molecule has 6 nitrogen and oxygen atoms in total. The van der Waals surface area contributed by atoms with Crippen LogP contribution >= 0.6 is 11.6 Å². The molecule has 2 unspecified atom stereocenters. The molecule has 3 aliphatic rings. The van der Waals surface area contributed by atoms with E-state index in [-0.39, 0.29) is 54.8 Å². The molecule has 11 heteroatoms. The van der Waals surface area contributed by atoms with Gasteiger partial charge >= 0.3 is 6.18 Å². The van der Waals surface area contributed by atoms with Crippen LogP contribution in [0.3, 0.4) is 0 Å². The highest BCUT2D eigenvalue weighted by atomic mass is 35.5. The van der Waals surface area contributed by atoms with Gasteiger partial charge in [-0.05, 0) is 77.6 Å². The molecule has 3 fully saturated rings. The Balaban J connectivity index is 1.31. The van der Waals surface area contributed by atoms with Crippen molar-refractivity contribution in [2.24, 2.45) is 11.8 Å². The van der Waals surface area contributed by atoms with Gasteiger partial charge in [0.05, 0.1) is 22.6 Å². The Hall–Kier alpha value is -2.40. The molecule has 2 aromatic rings. The smallest absolute Gasteiger partial charge is 0.391 e. The normalized spacial score (nSPS) is 21.9. The van der Waals surface area contributed by atoms with Gasteiger partial charge in [0.15, 0.2) is 0 Å². The van der Waals surface area contributed by atoms with E-state index in [1.54, 1.807) is 12.1 Å². The van der Waals surface area contributed by atoms with Crippen molar-refractivity contribution in [3.8, 4) is 11.1 Å². The first-order valence-electron chi connectivity index (χ1n) is 18.1. The number of piperidine rings is 2. The van der Waals surface area contributed by atoms with Crippen LogP contribution in [0.5, 0.6) is 0 Å². The molecule has 0 saturated carbocycles. The third-order valence-corrected chi connectivity index (χ3v) is 17.8. The highest BCUT2D eigenvalue weighted by Crippen LogP contribution is 2.45. The zero-order chi connectivity index (χ0) is 35.7. The Morgan fingerprint density at radius 1 is 0.898 bits per heavy atom. The van der Waals surface area contributed by atoms with Crippen molar-refractivity contribution in [1.82, 2.24) is 14.9 Å². The summed E-state index contributed by atoms with van der Waals surface area (Å²) in [5.74, 6) is -1.24. The lowest BCUT2D eigenvalue weighted by Crippen LogP contribution is -2.57. The Bertz CT molecular complexity index is 1440. The third kappa shape index (κ3) is 8.23. The van der Waals surface area contributed by atoms with E-state index in [1.807, 2.05) is 11.1 Å². The van der Waals surface area contributed by atoms with Crippen molar-refractivity contribution in [2.45, 2.75) is 109 Å². The van der Waals surface area contributed by atoms with Crippen molar-refractivity contribution in [1.29, 1.82) is 0 Å². The van der Waals surface area contributed by atoms with Crippen molar-refractivity contribution in [2.75, 3.05) is 32.7 Å². The molecule has 270 valence electrons. The van der Waals surface area contributed by atoms with E-state index in [1.165, 1.54) is 10.5 Å². The number of likely N-dealkylation sites (tertiary alicyclic amines) is 1. The topological polar surface area (TPSA) is 53.1 Å². The first-order chi connectivity index (χ1) is 23.1. The first kappa shape index (κ1) is 37.8. The van der Waals surface area contributed by atoms with Gasteiger partial charge in [0.1, 0.15) is 0 Å². The number of amides is 2. The number of hydrogen-bond acceptors (Lipinski definition) is 4. The minimum Gasteiger partial charge on any atom is -0.413 e. The molecular weight excluding hydrogens is 667 g/mol. The summed E-state index contributed by atoms with van der Waals surface area (Å²) in [4.78, 5) is 27.3. The molecule has 2 atom stereocenters. The molecule has 0 aromatic heterocycles. The molecule has 3 saturated heterocycles. The van der Waals surface area contributed by atoms with Crippen molar-refractivity contribution in [3.63, 3.8) is 0 Å². The average molecular weight is 720 g/mol. The predicted octanol–water partition coefficient (Wildman–Crippen LogP) is 9.38. The quantitative estimate of drug-likeness (QED) is 0.230. The van der Waals surface area contributed by atoms with Crippen LogP contribution < -0.4 is 0 Å². The van der Waals surface area contributed by atoms with Gasteiger partial charge in [-0.1, -0.05) is 83.5 Å². The molecule has 3 aliphatic heterocycles. The molecule has 0 spiro atoms. The maximum absolute atomic E-state index is 13.1. The highest BCUT2D eigenvalue weighted by molar-refractivity contribution is 6.77. The largest absolute Gasteiger partial charge is 0.413 e. The van der Waals surface area contributed by atoms with Gasteiger partial charge in [0.2, 0.25) is 14.2 Å². The molecule has 0 radical (unpaired) electrons. The molecule has 5 rings (SSSR count). The van der Waals surface area contributed by atoms with Crippen LogP contribution in [0.25, 0.3) is 11.1 Å². The predicted molar refractivity (Wildman–Crippen MR) is 192 cm³/mol. The molecular formula is C38H53ClF3N3O3Si. The zero-order valence-electron chi connectivity index (χ0n) is 29.9. The van der Waals surface area contributed by atoms with Crippen molar-refractivity contribution in [3.05, 3.63) is 58.6 Å². The van der Waals surface area contributed by atoms with Crippen LogP contribution in [0.4, 0.5) is 13.2 Å². The summed E-state index contributed by atoms with van der Waals surface area (Å²) in [6.45, 7) is 16.5. The number of rotatable bonds is 10. The molecule has 3 heterocycles. The van der Waals surface area contributed by atoms with E-state index in [0.717, 1.165) is 50.0 Å². The first-order valence-corrected chi connectivity index (χ1v) is 20.6. The maximum atomic E-state index is 13.1. The van der Waals surface area contributed by atoms with Gasteiger partial charge in [-0.25, -0.2) is 5.01 Å². The number of benzene rings is 2. The highest BCUT2D eigenvalue weighted by Gasteiger charge is 2.49. The lowest BCUT2D eigenvalue weighted by atomic mass is 9.88. The number of hydrazine groups is 1. The number of carbonyl (C=O) groups is 2. The van der Waals surface area contributed by atoms with Crippen molar-refractivity contribution < 1.29 is 27.2 Å². The fourth-order valence-electron chi connectivity index (χ4n) is 8.75. The summed E-state index contributed by atoms with van der Waals surface area (Å²) in [5.41, 5.74) is 4.79. The third-order valence-electron chi connectivity index (χ3n) is 11.3. The maximum Gasteiger partial charge on any atom is 0.391 e. The van der Waals surface area contributed by atoms with Crippen LogP contribution in [0.1, 0.15) is 89.6 Å². The summed E-state index contributed by atoms with van der Waals surface area (Å²) in [6.07, 6.45) is -1.02. The van der Waals surface area contributed by atoms with Gasteiger partial charge in [-0.15, -0.1) is 0 Å². The van der Waals surface area contributed by atoms with Crippen molar-refractivity contribution >= 4 is 31.7 Å². The van der Waals surface area contributed by atoms with Gasteiger partial charge in [-0.3, -0.25) is 14.6 Å². The summed E-state index contributed by atoms with van der Waals surface area (Å²) < 4.78 is 46.7. The molecule has 49 heavy (non-hydrogen) atoms. The Labute approximate surface area is 296 Å². The SMILES string of the molecule is CC(C)[Si](OC1CCN(N2CCCC2=O)CC1Cc1ccc(-c2ccc(C(=O)N3CCC(C(F)(F)F)CC3)c(Cl)c2)cc1)(C(C)C)C(C)C. The van der Waals surface area contributed by atoms with E-state index in [2.05, 4.69) is 70.8 Å². The van der Waals surface area contributed by atoms with E-state index in [9.17, 15) is 22.8 Å². The monoisotopic (exact) mass is 719 g/mol. The summed E-state index contributed by atoms with van der Waals surface area (Å²) in [6, 6.07) is 13.7. The molecule has 0 aliphatic carbocycles. The van der Waals surface area contributed by atoms with Crippen LogP contribution in [0.15, 0.2) is 42.5 Å². The Morgan fingerprint density at radius 2 is 1.51 bits per heavy atom.